The first-order chi connectivity index (χ1) is 13.3. The summed E-state index contributed by atoms with van der Waals surface area (Å²) in [5.41, 5.74) is 3.93. The van der Waals surface area contributed by atoms with Crippen molar-refractivity contribution in [2.75, 3.05) is 11.9 Å². The van der Waals surface area contributed by atoms with E-state index in [0.717, 1.165) is 16.9 Å². The number of hydrogen-bond acceptors (Lipinski definition) is 3. The number of hydrogen-bond donors (Lipinski definition) is 3. The van der Waals surface area contributed by atoms with Crippen LogP contribution in [0.5, 0.6) is 5.75 Å². The molecule has 6 heteroatoms. The molecule has 3 amide bonds. The zero-order valence-corrected chi connectivity index (χ0v) is 17.0. The summed E-state index contributed by atoms with van der Waals surface area (Å²) in [6.07, 6.45) is 0.294. The van der Waals surface area contributed by atoms with Crippen molar-refractivity contribution in [1.82, 2.24) is 10.6 Å². The molecular weight excluding hydrogens is 354 g/mol. The van der Waals surface area contributed by atoms with Crippen LogP contribution in [0.2, 0.25) is 0 Å². The second-order valence-electron chi connectivity index (χ2n) is 7.02. The molecule has 0 fully saturated rings. The molecule has 0 radical (unpaired) electrons. The molecule has 0 atom stereocenters. The van der Waals surface area contributed by atoms with Gasteiger partial charge in [-0.3, -0.25) is 4.79 Å². The van der Waals surface area contributed by atoms with Crippen LogP contribution in [-0.2, 0) is 11.3 Å². The molecule has 0 aliphatic heterocycles. The fourth-order valence-electron chi connectivity index (χ4n) is 2.56. The van der Waals surface area contributed by atoms with Gasteiger partial charge in [0.2, 0.25) is 5.91 Å². The third kappa shape index (κ3) is 6.95. The maximum atomic E-state index is 12.0. The largest absolute Gasteiger partial charge is 0.493 e. The SMILES string of the molecule is Cc1cccc(OCCC(=O)NCc2ccc(NC(=O)NC(C)C)cc2)c1C. The number of ether oxygens (including phenoxy) is 1. The molecule has 150 valence electrons. The first-order valence-corrected chi connectivity index (χ1v) is 9.47. The predicted molar refractivity (Wildman–Crippen MR) is 112 cm³/mol. The molecule has 6 nitrogen and oxygen atoms in total. The Morgan fingerprint density at radius 3 is 2.43 bits per heavy atom. The van der Waals surface area contributed by atoms with Crippen molar-refractivity contribution in [2.24, 2.45) is 0 Å². The van der Waals surface area contributed by atoms with E-state index in [9.17, 15) is 9.59 Å². The number of nitrogens with one attached hydrogen (secondary N) is 3. The van der Waals surface area contributed by atoms with Gasteiger partial charge in [-0.05, 0) is 62.6 Å². The van der Waals surface area contributed by atoms with Crippen LogP contribution in [0.15, 0.2) is 42.5 Å². The van der Waals surface area contributed by atoms with Gasteiger partial charge in [-0.1, -0.05) is 24.3 Å². The lowest BCUT2D eigenvalue weighted by molar-refractivity contribution is -0.121. The molecule has 2 aromatic rings. The van der Waals surface area contributed by atoms with Gasteiger partial charge in [0.15, 0.2) is 0 Å². The van der Waals surface area contributed by atoms with Crippen LogP contribution in [0.4, 0.5) is 10.5 Å². The van der Waals surface area contributed by atoms with E-state index < -0.39 is 0 Å². The van der Waals surface area contributed by atoms with Crippen molar-refractivity contribution in [2.45, 2.75) is 46.7 Å². The average molecular weight is 383 g/mol. The lowest BCUT2D eigenvalue weighted by atomic mass is 10.1. The van der Waals surface area contributed by atoms with E-state index in [0.29, 0.717) is 25.3 Å². The van der Waals surface area contributed by atoms with Gasteiger partial charge in [0.05, 0.1) is 13.0 Å². The van der Waals surface area contributed by atoms with E-state index >= 15 is 0 Å². The molecule has 0 heterocycles. The zero-order valence-electron chi connectivity index (χ0n) is 17.0. The first kappa shape index (κ1) is 21.3. The highest BCUT2D eigenvalue weighted by Crippen LogP contribution is 2.20. The van der Waals surface area contributed by atoms with Crippen LogP contribution in [0.1, 0.15) is 37.0 Å². The van der Waals surface area contributed by atoms with E-state index in [1.807, 2.05) is 70.2 Å². The van der Waals surface area contributed by atoms with Crippen LogP contribution >= 0.6 is 0 Å². The fourth-order valence-corrected chi connectivity index (χ4v) is 2.56. The molecule has 0 aliphatic rings. The van der Waals surface area contributed by atoms with E-state index in [-0.39, 0.29) is 18.0 Å². The Bertz CT molecular complexity index is 801. The minimum absolute atomic E-state index is 0.0659. The Labute approximate surface area is 166 Å². The van der Waals surface area contributed by atoms with Crippen molar-refractivity contribution < 1.29 is 14.3 Å². The van der Waals surface area contributed by atoms with Gasteiger partial charge in [-0.2, -0.15) is 0 Å². The predicted octanol–water partition coefficient (Wildman–Crippen LogP) is 3.92. The third-order valence-electron chi connectivity index (χ3n) is 4.26. The number of carbonyl (C=O) groups excluding carboxylic acids is 2. The number of aryl methyl sites for hydroxylation is 1. The van der Waals surface area contributed by atoms with Crippen LogP contribution in [-0.4, -0.2) is 24.6 Å². The van der Waals surface area contributed by atoms with Gasteiger partial charge in [-0.25, -0.2) is 4.79 Å². The summed E-state index contributed by atoms with van der Waals surface area (Å²) in [6.45, 7) is 8.61. The fraction of sp³-hybridized carbons (Fsp3) is 0.364. The Balaban J connectivity index is 1.72. The molecular formula is C22H29N3O3. The molecule has 0 saturated heterocycles. The minimum Gasteiger partial charge on any atom is -0.493 e. The number of rotatable bonds is 8. The van der Waals surface area contributed by atoms with Crippen molar-refractivity contribution >= 4 is 17.6 Å². The molecule has 0 bridgehead atoms. The summed E-state index contributed by atoms with van der Waals surface area (Å²) in [5, 5.41) is 8.41. The van der Waals surface area contributed by atoms with Crippen molar-refractivity contribution in [3.63, 3.8) is 0 Å². The molecule has 0 aliphatic carbocycles. The monoisotopic (exact) mass is 383 g/mol. The number of urea groups is 1. The summed E-state index contributed by atoms with van der Waals surface area (Å²) in [6, 6.07) is 13.1. The second-order valence-corrected chi connectivity index (χ2v) is 7.02. The topological polar surface area (TPSA) is 79.5 Å². The number of amides is 3. The second kappa shape index (κ2) is 10.3. The number of carbonyl (C=O) groups is 2. The normalized spacial score (nSPS) is 10.5. The standard InChI is InChI=1S/C22H29N3O3/c1-15(2)24-22(27)25-19-10-8-18(9-11-19)14-23-21(26)12-13-28-20-7-5-6-16(3)17(20)4/h5-11,15H,12-14H2,1-4H3,(H,23,26)(H2,24,25,27). The van der Waals surface area contributed by atoms with Gasteiger partial charge in [0.25, 0.3) is 0 Å². The summed E-state index contributed by atoms with van der Waals surface area (Å²) in [7, 11) is 0. The maximum Gasteiger partial charge on any atom is 0.319 e. The van der Waals surface area contributed by atoms with Crippen LogP contribution in [0.25, 0.3) is 0 Å². The summed E-state index contributed by atoms with van der Waals surface area (Å²) in [5.74, 6) is 0.751. The smallest absolute Gasteiger partial charge is 0.319 e. The van der Waals surface area contributed by atoms with E-state index in [2.05, 4.69) is 16.0 Å². The van der Waals surface area contributed by atoms with Gasteiger partial charge in [-0.15, -0.1) is 0 Å². The zero-order chi connectivity index (χ0) is 20.5. The van der Waals surface area contributed by atoms with E-state index in [1.54, 1.807) is 0 Å². The van der Waals surface area contributed by atoms with Crippen LogP contribution in [0, 0.1) is 13.8 Å². The van der Waals surface area contributed by atoms with Crippen LogP contribution in [0.3, 0.4) is 0 Å². The highest BCUT2D eigenvalue weighted by molar-refractivity contribution is 5.89. The lowest BCUT2D eigenvalue weighted by Gasteiger charge is -2.12. The Kier molecular flexibility index (Phi) is 7.87. The quantitative estimate of drug-likeness (QED) is 0.646. The van der Waals surface area contributed by atoms with Gasteiger partial charge >= 0.3 is 6.03 Å². The molecule has 0 spiro atoms. The third-order valence-corrected chi connectivity index (χ3v) is 4.26. The van der Waals surface area contributed by atoms with Gasteiger partial charge < -0.3 is 20.7 Å². The molecule has 2 aromatic carbocycles. The average Bonchev–Trinajstić information content (AvgIpc) is 2.64. The molecule has 0 aromatic heterocycles. The maximum absolute atomic E-state index is 12.0. The lowest BCUT2D eigenvalue weighted by Crippen LogP contribution is -2.34. The molecule has 28 heavy (non-hydrogen) atoms. The Morgan fingerprint density at radius 1 is 1.04 bits per heavy atom. The van der Waals surface area contributed by atoms with Crippen molar-refractivity contribution in [3.8, 4) is 5.75 Å². The molecule has 0 unspecified atom stereocenters. The Morgan fingerprint density at radius 2 is 1.75 bits per heavy atom. The van der Waals surface area contributed by atoms with Crippen LogP contribution < -0.4 is 20.7 Å². The summed E-state index contributed by atoms with van der Waals surface area (Å²) < 4.78 is 5.71. The highest BCUT2D eigenvalue weighted by atomic mass is 16.5. The van der Waals surface area contributed by atoms with Gasteiger partial charge in [0.1, 0.15) is 5.75 Å². The first-order valence-electron chi connectivity index (χ1n) is 9.47. The minimum atomic E-state index is -0.236. The highest BCUT2D eigenvalue weighted by Gasteiger charge is 2.06. The van der Waals surface area contributed by atoms with Crippen molar-refractivity contribution in [1.29, 1.82) is 0 Å². The van der Waals surface area contributed by atoms with Gasteiger partial charge in [0, 0.05) is 18.3 Å². The summed E-state index contributed by atoms with van der Waals surface area (Å²) >= 11 is 0. The van der Waals surface area contributed by atoms with E-state index in [1.165, 1.54) is 5.56 Å². The molecule has 3 N–H and O–H groups in total. The summed E-state index contributed by atoms with van der Waals surface area (Å²) in [4.78, 5) is 23.7. The molecule has 0 saturated carbocycles. The Hall–Kier alpha value is -3.02. The number of anilines is 1. The van der Waals surface area contributed by atoms with E-state index in [4.69, 9.17) is 4.74 Å². The van der Waals surface area contributed by atoms with Crippen molar-refractivity contribution in [3.05, 3.63) is 59.2 Å². The number of benzene rings is 2. The molecule has 2 rings (SSSR count).